The molecule has 1 aromatic rings. The van der Waals surface area contributed by atoms with Gasteiger partial charge in [-0.2, -0.15) is 0 Å². The number of methoxy groups -OCH3 is 2. The Morgan fingerprint density at radius 3 is 2.19 bits per heavy atom. The van der Waals surface area contributed by atoms with Crippen molar-refractivity contribution in [2.75, 3.05) is 14.2 Å². The Kier molecular flexibility index (Phi) is 4.65. The average molecular weight is 221 g/mol. The predicted octanol–water partition coefficient (Wildman–Crippen LogP) is 3.18. The van der Waals surface area contributed by atoms with E-state index < -0.39 is 5.79 Å². The van der Waals surface area contributed by atoms with E-state index in [1.807, 2.05) is 44.2 Å². The quantitative estimate of drug-likeness (QED) is 0.564. The fourth-order valence-corrected chi connectivity index (χ4v) is 1.48. The molecule has 88 valence electrons. The first kappa shape index (κ1) is 12.9. The lowest BCUT2D eigenvalue weighted by Crippen LogP contribution is -2.39. The lowest BCUT2D eigenvalue weighted by molar-refractivity contribution is -0.140. The topological polar surface area (TPSA) is 30.8 Å². The minimum absolute atomic E-state index is 0.745. The standard InChI is InChI=1S/C13H19NO2/c1-5-12(13(2,15-3)16-4)14-11-9-7-6-8-10-11/h6-10H,5H2,1-4H3. The molecular formula is C13H19NO2. The third-order valence-corrected chi connectivity index (χ3v) is 2.66. The highest BCUT2D eigenvalue weighted by molar-refractivity contribution is 5.92. The van der Waals surface area contributed by atoms with Crippen LogP contribution in [0.2, 0.25) is 0 Å². The van der Waals surface area contributed by atoms with E-state index in [9.17, 15) is 0 Å². The highest BCUT2D eigenvalue weighted by Crippen LogP contribution is 2.20. The summed E-state index contributed by atoms with van der Waals surface area (Å²) >= 11 is 0. The SMILES string of the molecule is CCC(=Nc1ccccc1)C(C)(OC)OC. The van der Waals surface area contributed by atoms with Crippen molar-refractivity contribution in [1.82, 2.24) is 0 Å². The number of rotatable bonds is 5. The smallest absolute Gasteiger partial charge is 0.204 e. The van der Waals surface area contributed by atoms with Gasteiger partial charge in [0.1, 0.15) is 0 Å². The summed E-state index contributed by atoms with van der Waals surface area (Å²) in [6.45, 7) is 3.91. The second-order valence-corrected chi connectivity index (χ2v) is 3.60. The van der Waals surface area contributed by atoms with Gasteiger partial charge in [0.05, 0.1) is 11.4 Å². The number of ether oxygens (including phenoxy) is 2. The summed E-state index contributed by atoms with van der Waals surface area (Å²) in [6.07, 6.45) is 0.785. The number of benzene rings is 1. The van der Waals surface area contributed by atoms with Crippen molar-refractivity contribution < 1.29 is 9.47 Å². The zero-order valence-corrected chi connectivity index (χ0v) is 10.4. The van der Waals surface area contributed by atoms with Gasteiger partial charge in [-0.3, -0.25) is 4.99 Å². The third-order valence-electron chi connectivity index (χ3n) is 2.66. The van der Waals surface area contributed by atoms with Gasteiger partial charge in [0, 0.05) is 14.2 Å². The summed E-state index contributed by atoms with van der Waals surface area (Å²) in [7, 11) is 3.25. The van der Waals surface area contributed by atoms with Gasteiger partial charge >= 0.3 is 0 Å². The maximum absolute atomic E-state index is 5.36. The van der Waals surface area contributed by atoms with Crippen molar-refractivity contribution in [2.45, 2.75) is 26.1 Å². The predicted molar refractivity (Wildman–Crippen MR) is 66.3 cm³/mol. The zero-order chi connectivity index (χ0) is 12.0. The first-order valence-electron chi connectivity index (χ1n) is 5.39. The fourth-order valence-electron chi connectivity index (χ4n) is 1.48. The van der Waals surface area contributed by atoms with Crippen LogP contribution in [-0.2, 0) is 9.47 Å². The van der Waals surface area contributed by atoms with Crippen LogP contribution in [0.3, 0.4) is 0 Å². The lowest BCUT2D eigenvalue weighted by atomic mass is 10.1. The Labute approximate surface area is 97.1 Å². The van der Waals surface area contributed by atoms with E-state index in [4.69, 9.17) is 9.47 Å². The maximum Gasteiger partial charge on any atom is 0.204 e. The van der Waals surface area contributed by atoms with Crippen LogP contribution < -0.4 is 0 Å². The zero-order valence-electron chi connectivity index (χ0n) is 10.4. The van der Waals surface area contributed by atoms with Gasteiger partial charge in [-0.1, -0.05) is 25.1 Å². The Morgan fingerprint density at radius 1 is 1.19 bits per heavy atom. The largest absolute Gasteiger partial charge is 0.348 e. The fraction of sp³-hybridized carbons (Fsp3) is 0.462. The van der Waals surface area contributed by atoms with E-state index in [-0.39, 0.29) is 0 Å². The monoisotopic (exact) mass is 221 g/mol. The first-order valence-corrected chi connectivity index (χ1v) is 5.39. The average Bonchev–Trinajstić information content (AvgIpc) is 2.36. The Balaban J connectivity index is 3.02. The highest BCUT2D eigenvalue weighted by Gasteiger charge is 2.28. The molecule has 0 radical (unpaired) electrons. The van der Waals surface area contributed by atoms with Crippen molar-refractivity contribution in [3.05, 3.63) is 30.3 Å². The number of hydrogen-bond acceptors (Lipinski definition) is 3. The number of nitrogens with zero attached hydrogens (tertiary/aromatic N) is 1. The molecule has 0 atom stereocenters. The van der Waals surface area contributed by atoms with Crippen molar-refractivity contribution in [1.29, 1.82) is 0 Å². The molecule has 0 aliphatic carbocycles. The summed E-state index contributed by atoms with van der Waals surface area (Å²) < 4.78 is 10.7. The molecule has 0 bridgehead atoms. The van der Waals surface area contributed by atoms with Crippen molar-refractivity contribution >= 4 is 11.4 Å². The minimum Gasteiger partial charge on any atom is -0.348 e. The molecule has 1 aromatic carbocycles. The molecule has 0 amide bonds. The van der Waals surface area contributed by atoms with Crippen molar-refractivity contribution in [3.8, 4) is 0 Å². The molecule has 0 fully saturated rings. The Morgan fingerprint density at radius 2 is 1.75 bits per heavy atom. The molecule has 3 nitrogen and oxygen atoms in total. The normalized spacial score (nSPS) is 12.9. The number of aliphatic imine (C=N–C) groups is 1. The van der Waals surface area contributed by atoms with Gasteiger partial charge in [-0.15, -0.1) is 0 Å². The van der Waals surface area contributed by atoms with Crippen LogP contribution in [0.4, 0.5) is 5.69 Å². The minimum atomic E-state index is -0.745. The maximum atomic E-state index is 5.36. The Hall–Kier alpha value is -1.19. The summed E-state index contributed by atoms with van der Waals surface area (Å²) in [5, 5.41) is 0. The van der Waals surface area contributed by atoms with Gasteiger partial charge in [0.25, 0.3) is 0 Å². The van der Waals surface area contributed by atoms with Crippen LogP contribution >= 0.6 is 0 Å². The van der Waals surface area contributed by atoms with E-state index in [2.05, 4.69) is 4.99 Å². The number of hydrogen-bond donors (Lipinski definition) is 0. The van der Waals surface area contributed by atoms with Gasteiger partial charge in [-0.25, -0.2) is 0 Å². The molecule has 0 unspecified atom stereocenters. The van der Waals surface area contributed by atoms with Crippen LogP contribution in [0.5, 0.6) is 0 Å². The van der Waals surface area contributed by atoms with Crippen LogP contribution in [0, 0.1) is 0 Å². The Bertz CT molecular complexity index is 342. The molecule has 0 saturated carbocycles. The molecule has 16 heavy (non-hydrogen) atoms. The molecule has 0 spiro atoms. The molecule has 0 aliphatic heterocycles. The third kappa shape index (κ3) is 2.90. The molecule has 3 heteroatoms. The van der Waals surface area contributed by atoms with E-state index >= 15 is 0 Å². The van der Waals surface area contributed by atoms with Gasteiger partial charge in [-0.05, 0) is 25.5 Å². The second-order valence-electron chi connectivity index (χ2n) is 3.60. The van der Waals surface area contributed by atoms with Gasteiger partial charge in [0.15, 0.2) is 0 Å². The van der Waals surface area contributed by atoms with Crippen molar-refractivity contribution in [3.63, 3.8) is 0 Å². The molecule has 0 N–H and O–H groups in total. The van der Waals surface area contributed by atoms with Gasteiger partial charge < -0.3 is 9.47 Å². The van der Waals surface area contributed by atoms with E-state index in [0.717, 1.165) is 17.8 Å². The van der Waals surface area contributed by atoms with E-state index in [1.54, 1.807) is 14.2 Å². The summed E-state index contributed by atoms with van der Waals surface area (Å²) in [6, 6.07) is 9.81. The molecular weight excluding hydrogens is 202 g/mol. The number of para-hydroxylation sites is 1. The van der Waals surface area contributed by atoms with Crippen LogP contribution in [0.25, 0.3) is 0 Å². The molecule has 0 saturated heterocycles. The van der Waals surface area contributed by atoms with Crippen molar-refractivity contribution in [2.24, 2.45) is 4.99 Å². The molecule has 1 rings (SSSR count). The lowest BCUT2D eigenvalue weighted by Gasteiger charge is -2.27. The second kappa shape index (κ2) is 5.77. The van der Waals surface area contributed by atoms with Crippen LogP contribution in [0.1, 0.15) is 20.3 Å². The summed E-state index contributed by atoms with van der Waals surface area (Å²) in [4.78, 5) is 4.56. The molecule has 0 aromatic heterocycles. The molecule has 0 heterocycles. The van der Waals surface area contributed by atoms with Gasteiger partial charge in [0.2, 0.25) is 5.79 Å². The van der Waals surface area contributed by atoms with Crippen LogP contribution in [-0.4, -0.2) is 25.7 Å². The van der Waals surface area contributed by atoms with E-state index in [1.165, 1.54) is 0 Å². The summed E-state index contributed by atoms with van der Waals surface area (Å²) in [5.74, 6) is -0.745. The molecule has 0 aliphatic rings. The van der Waals surface area contributed by atoms with E-state index in [0.29, 0.717) is 0 Å². The van der Waals surface area contributed by atoms with Crippen LogP contribution in [0.15, 0.2) is 35.3 Å². The first-order chi connectivity index (χ1) is 7.66. The highest BCUT2D eigenvalue weighted by atomic mass is 16.7. The summed E-state index contributed by atoms with van der Waals surface area (Å²) in [5.41, 5.74) is 1.79.